The number of hydrogen-bond donors (Lipinski definition) is 4. The number of fused-ring (bicyclic) bond motifs is 1. The van der Waals surface area contributed by atoms with Crippen LogP contribution in [-0.2, 0) is 6.42 Å². The Bertz CT molecular complexity index is 923. The number of halogens is 1. The second-order valence-electron chi connectivity index (χ2n) is 5.01. The molecule has 9 heteroatoms. The van der Waals surface area contributed by atoms with Gasteiger partial charge in [0.05, 0.1) is 25.2 Å². The largest absolute Gasteiger partial charge is 1.00 e. The van der Waals surface area contributed by atoms with Crippen LogP contribution in [0.2, 0.25) is 0 Å². The summed E-state index contributed by atoms with van der Waals surface area (Å²) in [4.78, 5) is 0.592. The zero-order valence-electron chi connectivity index (χ0n) is 13.2. The Morgan fingerprint density at radius 3 is 2.36 bits per heavy atom. The van der Waals surface area contributed by atoms with E-state index in [4.69, 9.17) is 13.9 Å². The first-order valence-corrected chi connectivity index (χ1v) is 7.69. The van der Waals surface area contributed by atoms with Gasteiger partial charge in [0.1, 0.15) is 23.3 Å². The van der Waals surface area contributed by atoms with Gasteiger partial charge in [0.15, 0.2) is 5.75 Å². The minimum Gasteiger partial charge on any atom is -1.00 e. The third-order valence-electron chi connectivity index (χ3n) is 3.49. The Morgan fingerprint density at radius 2 is 1.72 bits per heavy atom. The summed E-state index contributed by atoms with van der Waals surface area (Å²) in [6.07, 6.45) is 0.128. The molecule has 2 heterocycles. The molecule has 0 spiro atoms. The van der Waals surface area contributed by atoms with Gasteiger partial charge < -0.3 is 42.3 Å². The SMILES string of the molecule is COc1sc(Cc2[o+]c3cc(O)cc(O)c3cc2O)c(OC)c1O.[Cl-]. The van der Waals surface area contributed by atoms with Crippen molar-refractivity contribution in [3.8, 4) is 33.8 Å². The highest BCUT2D eigenvalue weighted by atomic mass is 35.5. The molecule has 0 fully saturated rings. The van der Waals surface area contributed by atoms with E-state index in [2.05, 4.69) is 0 Å². The summed E-state index contributed by atoms with van der Waals surface area (Å²) in [6.45, 7) is 0. The van der Waals surface area contributed by atoms with Crippen molar-refractivity contribution in [1.29, 1.82) is 0 Å². The average molecular weight is 387 g/mol. The van der Waals surface area contributed by atoms with E-state index >= 15 is 0 Å². The Morgan fingerprint density at radius 1 is 1.00 bits per heavy atom. The maximum Gasteiger partial charge on any atom is 0.376 e. The first-order valence-electron chi connectivity index (χ1n) is 6.87. The van der Waals surface area contributed by atoms with Gasteiger partial charge in [0.25, 0.3) is 0 Å². The second kappa shape index (κ2) is 7.12. The Hall–Kier alpha value is -2.58. The molecule has 3 rings (SSSR count). The molecule has 0 aliphatic heterocycles. The Kier molecular flexibility index (Phi) is 5.34. The average Bonchev–Trinajstić information content (AvgIpc) is 2.84. The number of hydrogen-bond acceptors (Lipinski definition) is 7. The molecule has 1 aromatic carbocycles. The fraction of sp³-hybridized carbons (Fsp3) is 0.188. The maximum atomic E-state index is 10.2. The van der Waals surface area contributed by atoms with Gasteiger partial charge in [-0.2, -0.15) is 0 Å². The summed E-state index contributed by atoms with van der Waals surface area (Å²) < 4.78 is 15.8. The van der Waals surface area contributed by atoms with Crippen molar-refractivity contribution in [1.82, 2.24) is 0 Å². The number of benzene rings is 1. The molecule has 3 aromatic rings. The summed E-state index contributed by atoms with van der Waals surface area (Å²) >= 11 is 1.16. The molecule has 2 aromatic heterocycles. The molecule has 0 aliphatic rings. The minimum atomic E-state index is -0.205. The lowest BCUT2D eigenvalue weighted by Crippen LogP contribution is -3.00. The van der Waals surface area contributed by atoms with Gasteiger partial charge in [0, 0.05) is 12.1 Å². The normalized spacial score (nSPS) is 10.5. The van der Waals surface area contributed by atoms with Crippen LogP contribution < -0.4 is 21.9 Å². The smallest absolute Gasteiger partial charge is 0.376 e. The number of phenolic OH excluding ortho intramolecular Hbond substituents is 2. The van der Waals surface area contributed by atoms with Crippen LogP contribution in [-0.4, -0.2) is 34.6 Å². The van der Waals surface area contributed by atoms with Gasteiger partial charge in [-0.25, -0.2) is 4.42 Å². The second-order valence-corrected chi connectivity index (χ2v) is 6.07. The molecule has 0 atom stereocenters. The molecule has 0 saturated carbocycles. The number of thiophene rings is 1. The van der Waals surface area contributed by atoms with Crippen molar-refractivity contribution in [2.24, 2.45) is 0 Å². The summed E-state index contributed by atoms with van der Waals surface area (Å²) in [5.41, 5.74) is 0.215. The predicted molar refractivity (Wildman–Crippen MR) is 87.5 cm³/mol. The summed E-state index contributed by atoms with van der Waals surface area (Å²) in [5.74, 6) is -0.218. The highest BCUT2D eigenvalue weighted by Crippen LogP contribution is 2.48. The van der Waals surface area contributed by atoms with Gasteiger partial charge in [0.2, 0.25) is 16.6 Å². The first-order chi connectivity index (χ1) is 11.4. The highest BCUT2D eigenvalue weighted by molar-refractivity contribution is 7.14. The van der Waals surface area contributed by atoms with Crippen molar-refractivity contribution in [3.63, 3.8) is 0 Å². The zero-order valence-corrected chi connectivity index (χ0v) is 14.8. The molecule has 4 N–H and O–H groups in total. The van der Waals surface area contributed by atoms with Crippen LogP contribution in [0.5, 0.6) is 33.8 Å². The van der Waals surface area contributed by atoms with Crippen molar-refractivity contribution < 1.29 is 46.7 Å². The van der Waals surface area contributed by atoms with E-state index < -0.39 is 0 Å². The third kappa shape index (κ3) is 3.31. The molecule has 0 amide bonds. The molecular formula is C16H15ClO7S. The van der Waals surface area contributed by atoms with Crippen molar-refractivity contribution >= 4 is 22.3 Å². The summed E-state index contributed by atoms with van der Waals surface area (Å²) in [5, 5.41) is 40.1. The van der Waals surface area contributed by atoms with Crippen LogP contribution in [0.1, 0.15) is 10.6 Å². The number of aromatic hydroxyl groups is 4. The van der Waals surface area contributed by atoms with Crippen LogP contribution in [0.4, 0.5) is 0 Å². The summed E-state index contributed by atoms with van der Waals surface area (Å²) in [6, 6.07) is 3.84. The van der Waals surface area contributed by atoms with E-state index in [1.807, 2.05) is 0 Å². The van der Waals surface area contributed by atoms with Crippen molar-refractivity contribution in [2.75, 3.05) is 14.2 Å². The fourth-order valence-corrected chi connectivity index (χ4v) is 3.37. The Labute approximate surface area is 152 Å². The van der Waals surface area contributed by atoms with Crippen LogP contribution >= 0.6 is 11.3 Å². The van der Waals surface area contributed by atoms with Crippen LogP contribution in [0.25, 0.3) is 11.0 Å². The fourth-order valence-electron chi connectivity index (χ4n) is 2.40. The topological polar surface area (TPSA) is 111 Å². The van der Waals surface area contributed by atoms with Crippen LogP contribution in [0.15, 0.2) is 22.6 Å². The lowest BCUT2D eigenvalue weighted by Gasteiger charge is -2.01. The molecule has 0 bridgehead atoms. The molecule has 25 heavy (non-hydrogen) atoms. The molecule has 0 aliphatic carbocycles. The molecule has 0 saturated heterocycles. The van der Waals surface area contributed by atoms with Gasteiger partial charge in [-0.15, -0.1) is 0 Å². The first kappa shape index (κ1) is 18.8. The maximum absolute atomic E-state index is 10.2. The number of rotatable bonds is 4. The molecule has 0 radical (unpaired) electrons. The number of phenols is 2. The molecule has 7 nitrogen and oxygen atoms in total. The lowest BCUT2D eigenvalue weighted by atomic mass is 10.1. The lowest BCUT2D eigenvalue weighted by molar-refractivity contribution is -0.00000963. The van der Waals surface area contributed by atoms with E-state index in [0.717, 1.165) is 17.4 Å². The highest BCUT2D eigenvalue weighted by Gasteiger charge is 2.27. The van der Waals surface area contributed by atoms with E-state index in [0.29, 0.717) is 4.88 Å². The summed E-state index contributed by atoms with van der Waals surface area (Å²) in [7, 11) is 2.84. The van der Waals surface area contributed by atoms with Gasteiger partial charge >= 0.3 is 11.3 Å². The molecular weight excluding hydrogens is 372 g/mol. The van der Waals surface area contributed by atoms with Crippen LogP contribution in [0.3, 0.4) is 0 Å². The van der Waals surface area contributed by atoms with Crippen LogP contribution in [0, 0.1) is 0 Å². The van der Waals surface area contributed by atoms with Gasteiger partial charge in [-0.3, -0.25) is 0 Å². The van der Waals surface area contributed by atoms with Crippen molar-refractivity contribution in [2.45, 2.75) is 6.42 Å². The number of ether oxygens (including phenoxy) is 2. The van der Waals surface area contributed by atoms with Gasteiger partial charge in [-0.05, 0) is 0 Å². The third-order valence-corrected chi connectivity index (χ3v) is 4.61. The van der Waals surface area contributed by atoms with Gasteiger partial charge in [-0.1, -0.05) is 11.3 Å². The van der Waals surface area contributed by atoms with E-state index in [9.17, 15) is 20.4 Å². The zero-order chi connectivity index (χ0) is 17.4. The monoisotopic (exact) mass is 386 g/mol. The Balaban J connectivity index is 0.00000225. The van der Waals surface area contributed by atoms with E-state index in [1.165, 1.54) is 26.4 Å². The predicted octanol–water partition coefficient (Wildman–Crippen LogP) is 0.210. The molecule has 0 unspecified atom stereocenters. The van der Waals surface area contributed by atoms with Crippen molar-refractivity contribution in [3.05, 3.63) is 28.8 Å². The standard InChI is InChI=1S/C16H14O7S.ClH/c1-21-15-13(24-16(22-2)14(15)20)6-12-10(19)5-8-9(18)3-7(17)4-11(8)23-12;/h3-5H,6H2,1-2H3,(H3-,17,18,19,20);1H. The molecule has 134 valence electrons. The quantitative estimate of drug-likeness (QED) is 0.474. The number of methoxy groups -OCH3 is 2. The minimum absolute atomic E-state index is 0. The van der Waals surface area contributed by atoms with E-state index in [-0.39, 0.29) is 69.4 Å². The van der Waals surface area contributed by atoms with E-state index in [1.54, 1.807) is 0 Å².